The summed E-state index contributed by atoms with van der Waals surface area (Å²) in [5.41, 5.74) is 9.06. The Hall–Kier alpha value is -6.00. The predicted molar refractivity (Wildman–Crippen MR) is 270 cm³/mol. The van der Waals surface area contributed by atoms with E-state index in [1.54, 1.807) is 0 Å². The monoisotopic (exact) mass is 818 g/mol. The second-order valence-corrected chi connectivity index (χ2v) is 21.4. The van der Waals surface area contributed by atoms with E-state index in [2.05, 4.69) is 119 Å². The Balaban J connectivity index is 1.45. The second-order valence-electron chi connectivity index (χ2n) is 21.4. The van der Waals surface area contributed by atoms with Crippen molar-refractivity contribution in [3.8, 4) is 5.69 Å². The van der Waals surface area contributed by atoms with Gasteiger partial charge in [-0.15, -0.1) is 0 Å². The van der Waals surface area contributed by atoms with Crippen molar-refractivity contribution in [2.45, 2.75) is 105 Å². The summed E-state index contributed by atoms with van der Waals surface area (Å²) in [6.07, 6.45) is 0. The quantitative estimate of drug-likeness (QED) is 0.165. The van der Waals surface area contributed by atoms with Crippen LogP contribution in [-0.2, 0) is 21.7 Å². The highest BCUT2D eigenvalue weighted by Gasteiger charge is 2.45. The van der Waals surface area contributed by atoms with E-state index in [4.69, 9.17) is 0 Å². The third kappa shape index (κ3) is 6.40. The Morgan fingerprint density at radius 1 is 0.387 bits per heavy atom. The Labute approximate surface area is 381 Å². The van der Waals surface area contributed by atoms with Gasteiger partial charge < -0.3 is 14.4 Å². The number of hydrogen-bond acceptors (Lipinski definition) is 2. The van der Waals surface area contributed by atoms with Crippen LogP contribution < -0.4 is 26.2 Å². The van der Waals surface area contributed by atoms with Crippen LogP contribution in [0.4, 0.5) is 34.1 Å². The number of fused-ring (bicyclic) bond motifs is 7. The predicted octanol–water partition coefficient (Wildman–Crippen LogP) is 14.1. The van der Waals surface area contributed by atoms with Crippen LogP contribution in [0.5, 0.6) is 0 Å². The lowest BCUT2D eigenvalue weighted by atomic mass is 9.33. The van der Waals surface area contributed by atoms with Gasteiger partial charge in [0.05, 0.1) is 27.7 Å². The van der Waals surface area contributed by atoms with E-state index in [9.17, 15) is 11.0 Å². The molecule has 4 heteroatoms. The molecule has 0 bridgehead atoms. The van der Waals surface area contributed by atoms with Gasteiger partial charge in [-0.2, -0.15) is 0 Å². The summed E-state index contributed by atoms with van der Waals surface area (Å²) in [7, 11) is 0. The zero-order valence-electron chi connectivity index (χ0n) is 46.2. The number of aromatic nitrogens is 1. The van der Waals surface area contributed by atoms with E-state index in [-0.39, 0.29) is 70.5 Å². The Morgan fingerprint density at radius 3 is 1.13 bits per heavy atom. The highest BCUT2D eigenvalue weighted by Crippen LogP contribution is 2.47. The maximum atomic E-state index is 9.91. The molecular weight excluding hydrogens is 749 g/mol. The SMILES string of the molecule is [2H]c1c([2H])c(C(C)(C)C)c([2H])c([2H])c1N1c2ccc(C(C)(C)C)cc2B2c3cc(C(C)(C)C)ccc3N(c3c([2H])c([2H])c(C(C)(C)C)c([2H])c3[2H])c3cc(-n4c5ccccc5c5ccccc54)cc1c32. The van der Waals surface area contributed by atoms with Crippen LogP contribution in [0.25, 0.3) is 27.5 Å². The lowest BCUT2D eigenvalue weighted by Gasteiger charge is -2.45. The number of anilines is 6. The minimum absolute atomic E-state index is 0.102. The van der Waals surface area contributed by atoms with Gasteiger partial charge in [0.1, 0.15) is 0 Å². The molecule has 0 fully saturated rings. The Kier molecular flexibility index (Phi) is 7.05. The maximum absolute atomic E-state index is 9.91. The summed E-state index contributed by atoms with van der Waals surface area (Å²) in [6, 6.07) is 32.5. The van der Waals surface area contributed by atoms with Crippen molar-refractivity contribution in [2.24, 2.45) is 0 Å². The van der Waals surface area contributed by atoms with E-state index in [0.29, 0.717) is 22.5 Å². The molecular formula is C58H60BN3. The van der Waals surface area contributed by atoms with E-state index >= 15 is 0 Å². The molecule has 0 N–H and O–H groups in total. The fraction of sp³-hybridized carbons (Fsp3) is 0.276. The average Bonchev–Trinajstić information content (AvgIpc) is 3.61. The molecule has 8 aromatic rings. The van der Waals surface area contributed by atoms with Gasteiger partial charge in [-0.3, -0.25) is 0 Å². The fourth-order valence-electron chi connectivity index (χ4n) is 9.32. The topological polar surface area (TPSA) is 11.4 Å². The molecule has 62 heavy (non-hydrogen) atoms. The molecule has 0 saturated carbocycles. The molecule has 310 valence electrons. The van der Waals surface area contributed by atoms with Crippen LogP contribution in [0.15, 0.2) is 145 Å². The lowest BCUT2D eigenvalue weighted by molar-refractivity contribution is 0.590. The zero-order chi connectivity index (χ0) is 50.6. The lowest BCUT2D eigenvalue weighted by Crippen LogP contribution is -2.61. The minimum Gasteiger partial charge on any atom is -0.311 e. The first-order valence-corrected chi connectivity index (χ1v) is 21.9. The van der Waals surface area contributed by atoms with Crippen molar-refractivity contribution in [3.05, 3.63) is 168 Å². The number of benzene rings is 7. The molecule has 0 radical (unpaired) electrons. The van der Waals surface area contributed by atoms with Crippen LogP contribution >= 0.6 is 0 Å². The highest BCUT2D eigenvalue weighted by atomic mass is 15.2. The molecule has 7 aromatic carbocycles. The van der Waals surface area contributed by atoms with Crippen molar-refractivity contribution in [3.63, 3.8) is 0 Å². The van der Waals surface area contributed by atoms with Gasteiger partial charge in [-0.1, -0.05) is 168 Å². The molecule has 10 rings (SSSR count). The number of rotatable bonds is 3. The minimum atomic E-state index is -0.687. The first-order chi connectivity index (χ1) is 32.6. The standard InChI is InChI=1S/C58H60BN3/c1-55(2,3)37-21-27-41(28-22-37)60-50-31-25-39(57(7,8)9)33-46(50)59-47-34-40(58(10,11)12)26-32-51(47)61(42-29-23-38(24-30-42)56(4,5)6)53-36-43(35-52(60)54(53)59)62-48-19-15-13-17-44(48)45-18-14-16-20-49(45)62/h13-36H,1-12H3/i21D,22D,23D,24D,27D,28D,29D,30D. The summed E-state index contributed by atoms with van der Waals surface area (Å²) in [5, 5.41) is 2.09. The summed E-state index contributed by atoms with van der Waals surface area (Å²) in [6.45, 7) is 24.1. The molecule has 2 aliphatic heterocycles. The molecule has 3 heterocycles. The van der Waals surface area contributed by atoms with Crippen molar-refractivity contribution >= 4 is 79.0 Å². The number of nitrogens with zero attached hydrogens (tertiary/aromatic N) is 3. The van der Waals surface area contributed by atoms with Gasteiger partial charge in [0, 0.05) is 44.9 Å². The van der Waals surface area contributed by atoms with Gasteiger partial charge in [-0.05, 0) is 121 Å². The molecule has 3 nitrogen and oxygen atoms in total. The van der Waals surface area contributed by atoms with Gasteiger partial charge in [-0.25, -0.2) is 0 Å². The van der Waals surface area contributed by atoms with Crippen LogP contribution in [0.3, 0.4) is 0 Å². The molecule has 0 spiro atoms. The zero-order valence-corrected chi connectivity index (χ0v) is 38.2. The first-order valence-electron chi connectivity index (χ1n) is 25.9. The third-order valence-electron chi connectivity index (χ3n) is 12.8. The van der Waals surface area contributed by atoms with Crippen molar-refractivity contribution < 1.29 is 11.0 Å². The third-order valence-corrected chi connectivity index (χ3v) is 12.8. The van der Waals surface area contributed by atoms with Crippen LogP contribution in [0, 0.1) is 0 Å². The van der Waals surface area contributed by atoms with Crippen molar-refractivity contribution in [1.82, 2.24) is 4.57 Å². The van der Waals surface area contributed by atoms with Crippen LogP contribution in [0.2, 0.25) is 0 Å². The molecule has 1 aromatic heterocycles. The molecule has 0 atom stereocenters. The summed E-state index contributed by atoms with van der Waals surface area (Å²) >= 11 is 0. The molecule has 0 saturated heterocycles. The largest absolute Gasteiger partial charge is 0.311 e. The van der Waals surface area contributed by atoms with Crippen molar-refractivity contribution in [1.29, 1.82) is 0 Å². The summed E-state index contributed by atoms with van der Waals surface area (Å²) in [4.78, 5) is 3.85. The summed E-state index contributed by atoms with van der Waals surface area (Å²) in [5.74, 6) is 0. The average molecular weight is 818 g/mol. The molecule has 2 aliphatic rings. The van der Waals surface area contributed by atoms with Crippen molar-refractivity contribution in [2.75, 3.05) is 9.80 Å². The van der Waals surface area contributed by atoms with E-state index in [1.807, 2.05) is 75.6 Å². The smallest absolute Gasteiger partial charge is 0.252 e. The fourth-order valence-corrected chi connectivity index (χ4v) is 9.32. The first kappa shape index (κ1) is 31.8. The van der Waals surface area contributed by atoms with Crippen LogP contribution in [0.1, 0.15) is 116 Å². The Morgan fingerprint density at radius 2 is 0.758 bits per heavy atom. The van der Waals surface area contributed by atoms with E-state index in [1.165, 1.54) is 0 Å². The van der Waals surface area contributed by atoms with Gasteiger partial charge >= 0.3 is 0 Å². The number of para-hydroxylation sites is 2. The van der Waals surface area contributed by atoms with Gasteiger partial charge in [0.15, 0.2) is 0 Å². The molecule has 0 unspecified atom stereocenters. The van der Waals surface area contributed by atoms with Crippen LogP contribution in [-0.4, -0.2) is 11.3 Å². The van der Waals surface area contributed by atoms with E-state index in [0.717, 1.165) is 66.4 Å². The second kappa shape index (κ2) is 13.8. The normalized spacial score (nSPS) is 15.8. The maximum Gasteiger partial charge on any atom is 0.252 e. The Bertz CT molecular complexity index is 3260. The van der Waals surface area contributed by atoms with E-state index < -0.39 is 17.5 Å². The summed E-state index contributed by atoms with van der Waals surface area (Å²) < 4.78 is 80.1. The number of hydrogen-bond donors (Lipinski definition) is 0. The highest BCUT2D eigenvalue weighted by molar-refractivity contribution is 7.00. The molecule has 0 aliphatic carbocycles. The molecule has 0 amide bonds. The van der Waals surface area contributed by atoms with Gasteiger partial charge in [0.2, 0.25) is 0 Å². The van der Waals surface area contributed by atoms with Gasteiger partial charge in [0.25, 0.3) is 6.71 Å².